The number of benzene rings is 1. The Hall–Kier alpha value is -3.00. The third kappa shape index (κ3) is 3.65. The highest BCUT2D eigenvalue weighted by molar-refractivity contribution is 7.09. The Balaban J connectivity index is 1.72. The molecule has 134 valence electrons. The normalized spacial score (nSPS) is 10.7. The van der Waals surface area contributed by atoms with Crippen LogP contribution in [-0.4, -0.2) is 40.2 Å². The molecule has 26 heavy (non-hydrogen) atoms. The van der Waals surface area contributed by atoms with Crippen LogP contribution in [0, 0.1) is 0 Å². The SMILES string of the molecule is CN(Cc1cccs1)C(=O)COC(=O)c1nn(C)c(=O)c2ccccc12. The van der Waals surface area contributed by atoms with Gasteiger partial charge in [-0.1, -0.05) is 24.3 Å². The maximum absolute atomic E-state index is 12.4. The second-order valence-electron chi connectivity index (χ2n) is 5.73. The molecule has 2 aromatic heterocycles. The Morgan fingerprint density at radius 3 is 2.62 bits per heavy atom. The van der Waals surface area contributed by atoms with Crippen molar-refractivity contribution in [1.82, 2.24) is 14.7 Å². The van der Waals surface area contributed by atoms with Gasteiger partial charge in [0.1, 0.15) is 0 Å². The summed E-state index contributed by atoms with van der Waals surface area (Å²) in [6.07, 6.45) is 0. The fourth-order valence-corrected chi connectivity index (χ4v) is 3.24. The lowest BCUT2D eigenvalue weighted by Gasteiger charge is -2.16. The first-order chi connectivity index (χ1) is 12.5. The van der Waals surface area contributed by atoms with Gasteiger partial charge in [-0.15, -0.1) is 11.3 Å². The topological polar surface area (TPSA) is 81.5 Å². The van der Waals surface area contributed by atoms with Gasteiger partial charge >= 0.3 is 5.97 Å². The van der Waals surface area contributed by atoms with E-state index in [0.717, 1.165) is 9.56 Å². The summed E-state index contributed by atoms with van der Waals surface area (Å²) < 4.78 is 6.22. The molecule has 7 nitrogen and oxygen atoms in total. The molecule has 8 heteroatoms. The van der Waals surface area contributed by atoms with E-state index >= 15 is 0 Å². The highest BCUT2D eigenvalue weighted by atomic mass is 32.1. The Morgan fingerprint density at radius 2 is 1.92 bits per heavy atom. The molecule has 1 aromatic carbocycles. The second kappa shape index (κ2) is 7.49. The second-order valence-corrected chi connectivity index (χ2v) is 6.76. The number of thiophene rings is 1. The largest absolute Gasteiger partial charge is 0.451 e. The molecule has 0 aliphatic heterocycles. The predicted molar refractivity (Wildman–Crippen MR) is 98.1 cm³/mol. The van der Waals surface area contributed by atoms with Crippen molar-refractivity contribution in [2.75, 3.05) is 13.7 Å². The average molecular weight is 371 g/mol. The van der Waals surface area contributed by atoms with Gasteiger partial charge in [0.25, 0.3) is 11.5 Å². The molecule has 0 aliphatic rings. The van der Waals surface area contributed by atoms with Crippen LogP contribution in [0.2, 0.25) is 0 Å². The lowest BCUT2D eigenvalue weighted by Crippen LogP contribution is -2.31. The van der Waals surface area contributed by atoms with Crippen LogP contribution in [0.5, 0.6) is 0 Å². The van der Waals surface area contributed by atoms with Gasteiger partial charge in [-0.25, -0.2) is 9.48 Å². The van der Waals surface area contributed by atoms with Gasteiger partial charge in [0, 0.05) is 24.4 Å². The van der Waals surface area contributed by atoms with Crippen LogP contribution in [0.15, 0.2) is 46.6 Å². The van der Waals surface area contributed by atoms with Crippen molar-refractivity contribution >= 4 is 34.0 Å². The molecule has 0 spiro atoms. The summed E-state index contributed by atoms with van der Waals surface area (Å²) >= 11 is 1.55. The van der Waals surface area contributed by atoms with Crippen molar-refractivity contribution in [3.05, 3.63) is 62.7 Å². The molecular formula is C18H17N3O4S. The molecule has 0 N–H and O–H groups in total. The van der Waals surface area contributed by atoms with E-state index in [4.69, 9.17) is 4.74 Å². The number of esters is 1. The van der Waals surface area contributed by atoms with Gasteiger partial charge in [0.15, 0.2) is 12.3 Å². The van der Waals surface area contributed by atoms with Crippen LogP contribution in [0.3, 0.4) is 0 Å². The van der Waals surface area contributed by atoms with Gasteiger partial charge < -0.3 is 9.64 Å². The number of ether oxygens (including phenoxy) is 1. The standard InChI is InChI=1S/C18H17N3O4S/c1-20(10-12-6-5-9-26-12)15(22)11-25-18(24)16-13-7-3-4-8-14(13)17(23)21(2)19-16/h3-9H,10-11H2,1-2H3. The molecule has 0 bridgehead atoms. The molecule has 0 saturated heterocycles. The fourth-order valence-electron chi connectivity index (χ4n) is 2.48. The van der Waals surface area contributed by atoms with E-state index in [1.54, 1.807) is 42.6 Å². The predicted octanol–water partition coefficient (Wildman–Crippen LogP) is 1.81. The summed E-state index contributed by atoms with van der Waals surface area (Å²) in [4.78, 5) is 39.2. The lowest BCUT2D eigenvalue weighted by atomic mass is 10.1. The van der Waals surface area contributed by atoms with Crippen LogP contribution < -0.4 is 5.56 Å². The Kier molecular flexibility index (Phi) is 5.13. The first-order valence-electron chi connectivity index (χ1n) is 7.87. The summed E-state index contributed by atoms with van der Waals surface area (Å²) in [7, 11) is 3.11. The van der Waals surface area contributed by atoms with Crippen molar-refractivity contribution in [3.63, 3.8) is 0 Å². The van der Waals surface area contributed by atoms with Crippen LogP contribution in [0.4, 0.5) is 0 Å². The first-order valence-corrected chi connectivity index (χ1v) is 8.75. The van der Waals surface area contributed by atoms with Crippen LogP contribution in [0.1, 0.15) is 15.4 Å². The van der Waals surface area contributed by atoms with Gasteiger partial charge in [-0.2, -0.15) is 5.10 Å². The molecule has 0 saturated carbocycles. The minimum Gasteiger partial charge on any atom is -0.451 e. The molecule has 0 unspecified atom stereocenters. The Labute approximate surface area is 153 Å². The fraction of sp³-hybridized carbons (Fsp3) is 0.222. The Bertz CT molecular complexity index is 1010. The lowest BCUT2D eigenvalue weighted by molar-refractivity contribution is -0.133. The molecule has 1 amide bonds. The van der Waals surface area contributed by atoms with Crippen molar-refractivity contribution in [1.29, 1.82) is 0 Å². The molecule has 0 aliphatic carbocycles. The number of amides is 1. The monoisotopic (exact) mass is 371 g/mol. The first kappa shape index (κ1) is 17.8. The third-order valence-electron chi connectivity index (χ3n) is 3.88. The maximum Gasteiger partial charge on any atom is 0.359 e. The zero-order chi connectivity index (χ0) is 18.7. The number of likely N-dealkylation sites (N-methyl/N-ethyl adjacent to an activating group) is 1. The molecule has 0 fully saturated rings. The molecular weight excluding hydrogens is 354 g/mol. The number of hydrogen-bond acceptors (Lipinski definition) is 6. The van der Waals surface area contributed by atoms with E-state index in [-0.39, 0.29) is 23.8 Å². The summed E-state index contributed by atoms with van der Waals surface area (Å²) in [5, 5.41) is 6.70. The number of carbonyl (C=O) groups excluding carboxylic acids is 2. The van der Waals surface area contributed by atoms with Gasteiger partial charge in [-0.05, 0) is 17.5 Å². The molecule has 2 heterocycles. The minimum atomic E-state index is -0.741. The van der Waals surface area contributed by atoms with E-state index in [1.165, 1.54) is 11.9 Å². The molecule has 0 atom stereocenters. The minimum absolute atomic E-state index is 0.0106. The number of carbonyl (C=O) groups is 2. The summed E-state index contributed by atoms with van der Waals surface area (Å²) in [5.74, 6) is -1.06. The molecule has 3 rings (SSSR count). The summed E-state index contributed by atoms with van der Waals surface area (Å²) in [5.41, 5.74) is -0.291. The van der Waals surface area contributed by atoms with Crippen LogP contribution in [0.25, 0.3) is 10.8 Å². The molecule has 3 aromatic rings. The Morgan fingerprint density at radius 1 is 1.19 bits per heavy atom. The van der Waals surface area contributed by atoms with Gasteiger partial charge in [-0.3, -0.25) is 9.59 Å². The zero-order valence-corrected chi connectivity index (χ0v) is 15.2. The third-order valence-corrected chi connectivity index (χ3v) is 4.74. The van der Waals surface area contributed by atoms with Crippen molar-refractivity contribution in [2.24, 2.45) is 7.05 Å². The van der Waals surface area contributed by atoms with E-state index in [1.807, 2.05) is 17.5 Å². The van der Waals surface area contributed by atoms with E-state index in [9.17, 15) is 14.4 Å². The van der Waals surface area contributed by atoms with Crippen molar-refractivity contribution in [3.8, 4) is 0 Å². The summed E-state index contributed by atoms with van der Waals surface area (Å²) in [6.45, 7) is 0.0641. The van der Waals surface area contributed by atoms with Crippen molar-refractivity contribution < 1.29 is 14.3 Å². The smallest absolute Gasteiger partial charge is 0.359 e. The zero-order valence-electron chi connectivity index (χ0n) is 14.3. The number of aryl methyl sites for hydroxylation is 1. The van der Waals surface area contributed by atoms with Crippen molar-refractivity contribution in [2.45, 2.75) is 6.54 Å². The highest BCUT2D eigenvalue weighted by Gasteiger charge is 2.19. The summed E-state index contributed by atoms with van der Waals surface area (Å²) in [6, 6.07) is 10.5. The van der Waals surface area contributed by atoms with E-state index in [2.05, 4.69) is 5.10 Å². The van der Waals surface area contributed by atoms with Crippen LogP contribution in [-0.2, 0) is 23.1 Å². The quantitative estimate of drug-likeness (QED) is 0.639. The highest BCUT2D eigenvalue weighted by Crippen LogP contribution is 2.14. The average Bonchev–Trinajstić information content (AvgIpc) is 3.15. The number of fused-ring (bicyclic) bond motifs is 1. The van der Waals surface area contributed by atoms with Gasteiger partial charge in [0.05, 0.1) is 11.9 Å². The van der Waals surface area contributed by atoms with E-state index in [0.29, 0.717) is 17.3 Å². The number of nitrogens with zero attached hydrogens (tertiary/aromatic N) is 3. The van der Waals surface area contributed by atoms with E-state index < -0.39 is 5.97 Å². The number of rotatable bonds is 5. The number of aromatic nitrogens is 2. The van der Waals surface area contributed by atoms with Crippen LogP contribution >= 0.6 is 11.3 Å². The maximum atomic E-state index is 12.4. The van der Waals surface area contributed by atoms with Gasteiger partial charge in [0.2, 0.25) is 0 Å². The molecule has 0 radical (unpaired) electrons. The number of hydrogen-bond donors (Lipinski definition) is 0.